The van der Waals surface area contributed by atoms with Gasteiger partial charge >= 0.3 is 6.09 Å². The normalized spacial score (nSPS) is 12.7. The molecule has 0 spiro atoms. The molecule has 0 saturated carbocycles. The van der Waals surface area contributed by atoms with E-state index in [1.165, 1.54) is 0 Å². The zero-order valence-corrected chi connectivity index (χ0v) is 16.9. The molecule has 1 aliphatic heterocycles. The van der Waals surface area contributed by atoms with Gasteiger partial charge in [0.2, 0.25) is 0 Å². The van der Waals surface area contributed by atoms with Crippen LogP contribution in [0.2, 0.25) is 0 Å². The molecule has 0 saturated heterocycles. The molecule has 3 rings (SSSR count). The average Bonchev–Trinajstić information content (AvgIpc) is 2.76. The summed E-state index contributed by atoms with van der Waals surface area (Å²) in [4.78, 5) is 30.6. The first-order chi connectivity index (χ1) is 14.1. The quantitative estimate of drug-likeness (QED) is 0.803. The van der Waals surface area contributed by atoms with Crippen molar-refractivity contribution in [3.05, 3.63) is 52.8 Å². The predicted octanol–water partition coefficient (Wildman–Crippen LogP) is 2.54. The fourth-order valence-electron chi connectivity index (χ4n) is 3.33. The summed E-state index contributed by atoms with van der Waals surface area (Å²) in [5.74, 6) is 1.04. The molecule has 1 N–H and O–H groups in total. The molecule has 2 aromatic rings. The molecule has 0 radical (unpaired) electrons. The van der Waals surface area contributed by atoms with Crippen molar-refractivity contribution in [3.8, 4) is 11.5 Å². The highest BCUT2D eigenvalue weighted by Gasteiger charge is 2.25. The highest BCUT2D eigenvalue weighted by atomic mass is 16.6. The van der Waals surface area contributed by atoms with Gasteiger partial charge in [-0.25, -0.2) is 4.79 Å². The maximum Gasteiger partial charge on any atom is 0.410 e. The third-order valence-corrected chi connectivity index (χ3v) is 4.81. The molecule has 0 atom stereocenters. The summed E-state index contributed by atoms with van der Waals surface area (Å²) in [6, 6.07) is 5.50. The first-order valence-electron chi connectivity index (χ1n) is 9.43. The molecule has 1 aliphatic rings. The van der Waals surface area contributed by atoms with E-state index in [2.05, 4.69) is 10.3 Å². The molecular formula is C21H25N3O5. The predicted molar refractivity (Wildman–Crippen MR) is 106 cm³/mol. The van der Waals surface area contributed by atoms with Gasteiger partial charge in [-0.15, -0.1) is 0 Å². The number of hydrogen-bond acceptors (Lipinski definition) is 6. The number of hydrogen-bond donors (Lipinski definition) is 1. The van der Waals surface area contributed by atoms with Crippen LogP contribution >= 0.6 is 0 Å². The summed E-state index contributed by atoms with van der Waals surface area (Å²) < 4.78 is 15.6. The number of ether oxygens (including phenoxy) is 3. The van der Waals surface area contributed by atoms with Crippen molar-refractivity contribution >= 4 is 12.0 Å². The van der Waals surface area contributed by atoms with Gasteiger partial charge in [0.15, 0.2) is 11.5 Å². The second-order valence-electron chi connectivity index (χ2n) is 6.57. The molecule has 0 unspecified atom stereocenters. The van der Waals surface area contributed by atoms with Crippen LogP contribution in [0, 0.1) is 0 Å². The number of nitrogens with one attached hydrogen (secondary N) is 1. The molecule has 0 bridgehead atoms. The zero-order chi connectivity index (χ0) is 20.8. The molecule has 0 fully saturated rings. The number of methoxy groups -OCH3 is 2. The van der Waals surface area contributed by atoms with Crippen LogP contribution in [0.5, 0.6) is 11.5 Å². The maximum atomic E-state index is 12.8. The van der Waals surface area contributed by atoms with Crippen molar-refractivity contribution in [3.63, 3.8) is 0 Å². The van der Waals surface area contributed by atoms with Crippen molar-refractivity contribution in [1.82, 2.24) is 15.2 Å². The number of carbonyl (C=O) groups is 2. The fourth-order valence-corrected chi connectivity index (χ4v) is 3.33. The van der Waals surface area contributed by atoms with Crippen molar-refractivity contribution in [2.24, 2.45) is 0 Å². The largest absolute Gasteiger partial charge is 0.493 e. The first kappa shape index (κ1) is 20.4. The van der Waals surface area contributed by atoms with Gasteiger partial charge in [0.1, 0.15) is 0 Å². The van der Waals surface area contributed by atoms with E-state index in [0.717, 1.165) is 16.7 Å². The van der Waals surface area contributed by atoms with Gasteiger partial charge in [-0.3, -0.25) is 9.78 Å². The van der Waals surface area contributed by atoms with Crippen LogP contribution in [-0.4, -0.2) is 49.3 Å². The van der Waals surface area contributed by atoms with E-state index in [1.807, 2.05) is 12.1 Å². The lowest BCUT2D eigenvalue weighted by atomic mass is 9.97. The fraction of sp³-hybridized carbons (Fsp3) is 0.381. The number of fused-ring (bicyclic) bond motifs is 1. The van der Waals surface area contributed by atoms with Crippen LogP contribution in [0.1, 0.15) is 34.0 Å². The van der Waals surface area contributed by atoms with Crippen LogP contribution < -0.4 is 14.8 Å². The third-order valence-electron chi connectivity index (χ3n) is 4.81. The minimum absolute atomic E-state index is 0.200. The van der Waals surface area contributed by atoms with Crippen molar-refractivity contribution in [1.29, 1.82) is 0 Å². The Kier molecular flexibility index (Phi) is 6.54. The molecule has 154 valence electrons. The highest BCUT2D eigenvalue weighted by Crippen LogP contribution is 2.27. The average molecular weight is 399 g/mol. The number of amides is 2. The molecule has 0 aliphatic carbocycles. The molecule has 1 aromatic heterocycles. The Morgan fingerprint density at radius 1 is 1.17 bits per heavy atom. The maximum absolute atomic E-state index is 12.8. The standard InChI is InChI=1S/C21H25N3O5/c1-4-29-21(26)24-8-7-16-15(13-24)11-22-12-17(16)20(25)23-10-14-5-6-18(27-2)19(9-14)28-3/h5-6,9,11-12H,4,7-8,10,13H2,1-3H3,(H,23,25). The molecule has 2 heterocycles. The molecule has 1 aromatic carbocycles. The Morgan fingerprint density at radius 3 is 2.69 bits per heavy atom. The van der Waals surface area contributed by atoms with Gasteiger partial charge in [-0.2, -0.15) is 0 Å². The molecule has 29 heavy (non-hydrogen) atoms. The lowest BCUT2D eigenvalue weighted by Crippen LogP contribution is -2.37. The monoisotopic (exact) mass is 399 g/mol. The Labute approximate surface area is 169 Å². The third kappa shape index (κ3) is 4.59. The van der Waals surface area contributed by atoms with E-state index in [1.54, 1.807) is 44.5 Å². The zero-order valence-electron chi connectivity index (χ0n) is 16.9. The molecule has 2 amide bonds. The van der Waals surface area contributed by atoms with Gasteiger partial charge in [0.05, 0.1) is 32.9 Å². The van der Waals surface area contributed by atoms with Gasteiger partial charge in [0.25, 0.3) is 5.91 Å². The minimum atomic E-state index is -0.346. The van der Waals surface area contributed by atoms with E-state index < -0.39 is 0 Å². The van der Waals surface area contributed by atoms with Crippen LogP contribution in [-0.2, 0) is 24.2 Å². The van der Waals surface area contributed by atoms with Crippen molar-refractivity contribution in [2.45, 2.75) is 26.4 Å². The Hall–Kier alpha value is -3.29. The lowest BCUT2D eigenvalue weighted by Gasteiger charge is -2.28. The topological polar surface area (TPSA) is 90.0 Å². The first-order valence-corrected chi connectivity index (χ1v) is 9.43. The number of pyridine rings is 1. The van der Waals surface area contributed by atoms with Gasteiger partial charge < -0.3 is 24.4 Å². The summed E-state index contributed by atoms with van der Waals surface area (Å²) in [7, 11) is 3.15. The number of carbonyl (C=O) groups excluding carboxylic acids is 2. The SMILES string of the molecule is CCOC(=O)N1CCc2c(cncc2C(=O)NCc2ccc(OC)c(OC)c2)C1. The minimum Gasteiger partial charge on any atom is -0.493 e. The second kappa shape index (κ2) is 9.27. The van der Waals surface area contributed by atoms with E-state index in [9.17, 15) is 9.59 Å². The number of nitrogens with zero attached hydrogens (tertiary/aromatic N) is 2. The smallest absolute Gasteiger partial charge is 0.410 e. The highest BCUT2D eigenvalue weighted by molar-refractivity contribution is 5.95. The van der Waals surface area contributed by atoms with Gasteiger partial charge in [0, 0.05) is 25.5 Å². The van der Waals surface area contributed by atoms with Gasteiger partial charge in [-0.05, 0) is 42.2 Å². The Bertz CT molecular complexity index is 900. The summed E-state index contributed by atoms with van der Waals surface area (Å²) in [6.45, 7) is 3.35. The summed E-state index contributed by atoms with van der Waals surface area (Å²) >= 11 is 0. The molecular weight excluding hydrogens is 374 g/mol. The summed E-state index contributed by atoms with van der Waals surface area (Å²) in [5.41, 5.74) is 3.21. The summed E-state index contributed by atoms with van der Waals surface area (Å²) in [6.07, 6.45) is 3.51. The van der Waals surface area contributed by atoms with E-state index in [4.69, 9.17) is 14.2 Å². The van der Waals surface area contributed by atoms with E-state index in [0.29, 0.717) is 49.7 Å². The van der Waals surface area contributed by atoms with Crippen LogP contribution in [0.15, 0.2) is 30.6 Å². The van der Waals surface area contributed by atoms with E-state index >= 15 is 0 Å². The molecule has 8 nitrogen and oxygen atoms in total. The summed E-state index contributed by atoms with van der Waals surface area (Å²) in [5, 5.41) is 2.93. The number of rotatable bonds is 6. The lowest BCUT2D eigenvalue weighted by molar-refractivity contribution is 0.0947. The second-order valence-corrected chi connectivity index (χ2v) is 6.57. The van der Waals surface area contributed by atoms with Crippen LogP contribution in [0.4, 0.5) is 4.79 Å². The van der Waals surface area contributed by atoms with Crippen molar-refractivity contribution in [2.75, 3.05) is 27.4 Å². The van der Waals surface area contributed by atoms with Crippen molar-refractivity contribution < 1.29 is 23.8 Å². The van der Waals surface area contributed by atoms with Gasteiger partial charge in [-0.1, -0.05) is 6.07 Å². The number of benzene rings is 1. The number of aromatic nitrogens is 1. The van der Waals surface area contributed by atoms with E-state index in [-0.39, 0.29) is 12.0 Å². The Balaban J connectivity index is 1.70. The van der Waals surface area contributed by atoms with Crippen LogP contribution in [0.3, 0.4) is 0 Å². The Morgan fingerprint density at radius 2 is 1.97 bits per heavy atom. The molecule has 8 heteroatoms. The van der Waals surface area contributed by atoms with Crippen LogP contribution in [0.25, 0.3) is 0 Å².